The summed E-state index contributed by atoms with van der Waals surface area (Å²) in [6, 6.07) is 5.74. The predicted octanol–water partition coefficient (Wildman–Crippen LogP) is 3.56. The molecule has 0 unspecified atom stereocenters. The van der Waals surface area contributed by atoms with Crippen molar-refractivity contribution < 1.29 is 19.4 Å². The van der Waals surface area contributed by atoms with E-state index in [1.54, 1.807) is 13.2 Å². The number of carbonyl (C=O) groups is 1. The highest BCUT2D eigenvalue weighted by atomic mass is 32.2. The molecule has 2 saturated carbocycles. The molecule has 0 saturated heterocycles. The number of H-pyrrole nitrogens is 1. The smallest absolute Gasteiger partial charge is 0.341 e. The van der Waals surface area contributed by atoms with Crippen LogP contribution in [0.2, 0.25) is 0 Å². The monoisotopic (exact) mass is 419 g/mol. The molecule has 1 aliphatic heterocycles. The van der Waals surface area contributed by atoms with Gasteiger partial charge in [-0.2, -0.15) is 0 Å². The molecule has 0 spiro atoms. The van der Waals surface area contributed by atoms with E-state index in [9.17, 15) is 9.59 Å². The van der Waals surface area contributed by atoms with Crippen LogP contribution in [0.5, 0.6) is 11.5 Å². The maximum Gasteiger partial charge on any atom is 0.341 e. The summed E-state index contributed by atoms with van der Waals surface area (Å²) in [5, 5.41) is 10.4. The number of aliphatic carboxylic acids is 1. The first kappa shape index (κ1) is 18.1. The topological polar surface area (TPSA) is 88.6 Å². The Labute approximate surface area is 170 Å². The average Bonchev–Trinajstić information content (AvgIpc) is 3.38. The van der Waals surface area contributed by atoms with Gasteiger partial charge in [0, 0.05) is 16.0 Å². The van der Waals surface area contributed by atoms with Gasteiger partial charge in [0.15, 0.2) is 18.1 Å². The molecule has 1 aromatic heterocycles. The second-order valence-electron chi connectivity index (χ2n) is 7.77. The number of hydrogen-bond acceptors (Lipinski definition) is 6. The third-order valence-corrected chi connectivity index (χ3v) is 8.99. The van der Waals surface area contributed by atoms with Gasteiger partial charge in [0.05, 0.1) is 12.1 Å². The normalized spacial score (nSPS) is 30.0. The van der Waals surface area contributed by atoms with Crippen LogP contribution >= 0.6 is 23.1 Å². The second-order valence-corrected chi connectivity index (χ2v) is 9.97. The number of carboxylic acid groups (broad SMARTS) is 1. The zero-order valence-electron chi connectivity index (χ0n) is 15.3. The molecule has 28 heavy (non-hydrogen) atoms. The molecule has 2 bridgehead atoms. The first-order valence-electron chi connectivity index (χ1n) is 9.47. The number of hydrogen-bond donors (Lipinski definition) is 2. The number of thioether (sulfide) groups is 1. The van der Waals surface area contributed by atoms with Crippen LogP contribution in [-0.4, -0.2) is 35.0 Å². The first-order valence-corrected chi connectivity index (χ1v) is 11.2. The summed E-state index contributed by atoms with van der Waals surface area (Å²) in [6.45, 7) is -0.409. The molecule has 0 radical (unpaired) electrons. The maximum atomic E-state index is 12.1. The van der Waals surface area contributed by atoms with Crippen molar-refractivity contribution >= 4 is 29.1 Å². The van der Waals surface area contributed by atoms with Crippen LogP contribution in [0.15, 0.2) is 28.0 Å². The van der Waals surface area contributed by atoms with Crippen molar-refractivity contribution in [1.29, 1.82) is 0 Å². The van der Waals surface area contributed by atoms with E-state index in [-0.39, 0.29) is 10.8 Å². The molecule has 2 N–H and O–H groups in total. The Morgan fingerprint density at radius 1 is 1.29 bits per heavy atom. The number of methoxy groups -OCH3 is 1. The van der Waals surface area contributed by atoms with E-state index in [2.05, 4.69) is 4.98 Å². The van der Waals surface area contributed by atoms with Gasteiger partial charge in [-0.05, 0) is 54.7 Å². The molecule has 2 aromatic rings. The number of nitrogens with one attached hydrogen (secondary N) is 1. The maximum absolute atomic E-state index is 12.1. The van der Waals surface area contributed by atoms with Crippen LogP contribution in [-0.2, 0) is 4.79 Å². The standard InChI is InChI=1S/C20H21NO5S2/c1-25-13-7-10(4-5-12(13)26-8-14(22)23)16-15-9-2-3-11(6-9)17(15)27-19-18(16)28-20(24)21-19/h4-5,7,9,11,15-17H,2-3,6,8H2,1H3,(H,21,24)(H,22,23)/t9-,11-,15+,16-,17-/m0/s1. The average molecular weight is 420 g/mol. The molecule has 3 aliphatic rings. The summed E-state index contributed by atoms with van der Waals surface area (Å²) in [5.74, 6) is 2.06. The quantitative estimate of drug-likeness (QED) is 0.770. The van der Waals surface area contributed by atoms with E-state index in [4.69, 9.17) is 14.6 Å². The minimum atomic E-state index is -1.03. The Morgan fingerprint density at radius 3 is 2.89 bits per heavy atom. The Hall–Kier alpha value is -1.93. The molecule has 5 atom stereocenters. The lowest BCUT2D eigenvalue weighted by atomic mass is 9.75. The van der Waals surface area contributed by atoms with Gasteiger partial charge in [0.25, 0.3) is 0 Å². The molecule has 148 valence electrons. The van der Waals surface area contributed by atoms with Gasteiger partial charge >= 0.3 is 10.8 Å². The van der Waals surface area contributed by atoms with Crippen LogP contribution < -0.4 is 14.3 Å². The van der Waals surface area contributed by atoms with Crippen molar-refractivity contribution in [3.05, 3.63) is 38.3 Å². The fourth-order valence-corrected chi connectivity index (χ4v) is 8.25. The van der Waals surface area contributed by atoms with Gasteiger partial charge in [0.2, 0.25) is 0 Å². The van der Waals surface area contributed by atoms with E-state index in [1.807, 2.05) is 23.9 Å². The number of fused-ring (bicyclic) bond motifs is 6. The number of ether oxygens (including phenoxy) is 2. The number of thiazole rings is 1. The number of carboxylic acids is 1. The third kappa shape index (κ3) is 2.85. The number of aromatic amines is 1. The van der Waals surface area contributed by atoms with Crippen molar-refractivity contribution in [2.24, 2.45) is 17.8 Å². The van der Waals surface area contributed by atoms with Gasteiger partial charge in [-0.3, -0.25) is 4.79 Å². The Balaban J connectivity index is 1.56. The molecule has 1 aromatic carbocycles. The Kier molecular flexibility index (Phi) is 4.43. The number of aromatic nitrogens is 1. The van der Waals surface area contributed by atoms with E-state index in [0.29, 0.717) is 28.6 Å². The lowest BCUT2D eigenvalue weighted by Gasteiger charge is -2.40. The molecule has 0 amide bonds. The van der Waals surface area contributed by atoms with E-state index < -0.39 is 12.6 Å². The largest absolute Gasteiger partial charge is 0.493 e. The number of benzene rings is 1. The van der Waals surface area contributed by atoms with E-state index in [0.717, 1.165) is 21.4 Å². The molecular formula is C20H21NO5S2. The minimum absolute atomic E-state index is 0.00296. The second kappa shape index (κ2) is 6.84. The van der Waals surface area contributed by atoms with Crippen molar-refractivity contribution in [2.75, 3.05) is 13.7 Å². The summed E-state index contributed by atoms with van der Waals surface area (Å²) in [5.41, 5.74) is 1.11. The third-order valence-electron chi connectivity index (χ3n) is 6.36. The fraction of sp³-hybridized carbons (Fsp3) is 0.500. The number of rotatable bonds is 5. The molecule has 2 fully saturated rings. The summed E-state index contributed by atoms with van der Waals surface area (Å²) in [7, 11) is 1.56. The van der Waals surface area contributed by atoms with Crippen molar-refractivity contribution in [1.82, 2.24) is 4.98 Å². The summed E-state index contributed by atoms with van der Waals surface area (Å²) < 4.78 is 10.8. The lowest BCUT2D eigenvalue weighted by Crippen LogP contribution is -2.33. The zero-order valence-corrected chi connectivity index (χ0v) is 17.0. The highest BCUT2D eigenvalue weighted by molar-refractivity contribution is 8.00. The first-order chi connectivity index (χ1) is 13.5. The SMILES string of the molecule is COc1cc([C@@H]2c3sc(=O)[nH]c3S[C@H]3[C@H]4CC[C@@H](C4)[C@H]23)ccc1OCC(=O)O. The van der Waals surface area contributed by atoms with Crippen LogP contribution in [0.3, 0.4) is 0 Å². The van der Waals surface area contributed by atoms with Gasteiger partial charge in [-0.25, -0.2) is 4.79 Å². The fourth-order valence-electron chi connectivity index (χ4n) is 5.36. The van der Waals surface area contributed by atoms with Crippen LogP contribution in [0.4, 0.5) is 0 Å². The highest BCUT2D eigenvalue weighted by Crippen LogP contribution is 2.63. The molecule has 2 heterocycles. The molecule has 8 heteroatoms. The molecular weight excluding hydrogens is 398 g/mol. The van der Waals surface area contributed by atoms with Crippen molar-refractivity contribution in [2.45, 2.75) is 35.5 Å². The predicted molar refractivity (Wildman–Crippen MR) is 107 cm³/mol. The van der Waals surface area contributed by atoms with Gasteiger partial charge in [-0.1, -0.05) is 17.4 Å². The Bertz CT molecular complexity index is 983. The van der Waals surface area contributed by atoms with Crippen LogP contribution in [0.1, 0.15) is 35.6 Å². The zero-order chi connectivity index (χ0) is 19.4. The van der Waals surface area contributed by atoms with Crippen LogP contribution in [0.25, 0.3) is 0 Å². The van der Waals surface area contributed by atoms with Gasteiger partial charge in [0.1, 0.15) is 0 Å². The molecule has 2 aliphatic carbocycles. The molecule has 5 rings (SSSR count). The van der Waals surface area contributed by atoms with Crippen molar-refractivity contribution in [3.63, 3.8) is 0 Å². The summed E-state index contributed by atoms with van der Waals surface area (Å²) in [6.07, 6.45) is 3.85. The Morgan fingerprint density at radius 2 is 2.11 bits per heavy atom. The van der Waals surface area contributed by atoms with Gasteiger partial charge < -0.3 is 19.6 Å². The lowest BCUT2D eigenvalue weighted by molar-refractivity contribution is -0.139. The van der Waals surface area contributed by atoms with Crippen LogP contribution in [0, 0.1) is 17.8 Å². The van der Waals surface area contributed by atoms with Gasteiger partial charge in [-0.15, -0.1) is 11.8 Å². The summed E-state index contributed by atoms with van der Waals surface area (Å²) in [4.78, 5) is 27.1. The van der Waals surface area contributed by atoms with E-state index in [1.165, 1.54) is 30.6 Å². The minimum Gasteiger partial charge on any atom is -0.493 e. The molecule has 6 nitrogen and oxygen atoms in total. The van der Waals surface area contributed by atoms with Crippen molar-refractivity contribution in [3.8, 4) is 11.5 Å². The van der Waals surface area contributed by atoms with E-state index >= 15 is 0 Å². The summed E-state index contributed by atoms with van der Waals surface area (Å²) >= 11 is 3.19. The highest BCUT2D eigenvalue weighted by Gasteiger charge is 2.54.